The van der Waals surface area contributed by atoms with Crippen LogP contribution >= 0.6 is 0 Å². The lowest BCUT2D eigenvalue weighted by atomic mass is 10.0. The van der Waals surface area contributed by atoms with Gasteiger partial charge in [-0.2, -0.15) is 0 Å². The number of hydrogen-bond acceptors (Lipinski definition) is 3. The van der Waals surface area contributed by atoms with Gasteiger partial charge in [0.25, 0.3) is 5.91 Å². The number of halogens is 1. The summed E-state index contributed by atoms with van der Waals surface area (Å²) in [5.41, 5.74) is 5.98. The van der Waals surface area contributed by atoms with Crippen molar-refractivity contribution in [1.82, 2.24) is 4.90 Å². The molecule has 0 aliphatic carbocycles. The van der Waals surface area contributed by atoms with Crippen molar-refractivity contribution >= 4 is 5.91 Å². The Morgan fingerprint density at radius 2 is 2.32 bits per heavy atom. The fourth-order valence-corrected chi connectivity index (χ4v) is 2.52. The van der Waals surface area contributed by atoms with Gasteiger partial charge in [0.1, 0.15) is 11.6 Å². The second-order valence-corrected chi connectivity index (χ2v) is 4.73. The highest BCUT2D eigenvalue weighted by Gasteiger charge is 2.28. The average Bonchev–Trinajstić information content (AvgIpc) is 2.46. The molecule has 2 N–H and O–H groups in total. The summed E-state index contributed by atoms with van der Waals surface area (Å²) >= 11 is 0. The van der Waals surface area contributed by atoms with E-state index in [1.54, 1.807) is 4.90 Å². The Morgan fingerprint density at radius 1 is 1.53 bits per heavy atom. The van der Waals surface area contributed by atoms with Gasteiger partial charge in [0.2, 0.25) is 0 Å². The first-order chi connectivity index (χ1) is 9.17. The van der Waals surface area contributed by atoms with Crippen molar-refractivity contribution < 1.29 is 13.9 Å². The van der Waals surface area contributed by atoms with Gasteiger partial charge >= 0.3 is 0 Å². The lowest BCUT2D eigenvalue weighted by Gasteiger charge is -2.35. The molecule has 1 saturated heterocycles. The van der Waals surface area contributed by atoms with Gasteiger partial charge in [-0.25, -0.2) is 4.39 Å². The summed E-state index contributed by atoms with van der Waals surface area (Å²) in [5, 5.41) is 0. The van der Waals surface area contributed by atoms with Crippen LogP contribution in [-0.2, 0) is 0 Å². The summed E-state index contributed by atoms with van der Waals surface area (Å²) in [6.07, 6.45) is 2.94. The fourth-order valence-electron chi connectivity index (χ4n) is 2.52. The van der Waals surface area contributed by atoms with E-state index in [9.17, 15) is 9.18 Å². The number of amides is 1. The van der Waals surface area contributed by atoms with Crippen LogP contribution in [0.15, 0.2) is 18.2 Å². The van der Waals surface area contributed by atoms with Crippen LogP contribution in [0.4, 0.5) is 4.39 Å². The van der Waals surface area contributed by atoms with Crippen LogP contribution in [0.25, 0.3) is 0 Å². The standard InChI is InChI=1S/C14H19FN2O2/c1-19-13-6-5-10(15)8-12(13)14(18)17-7-3-2-4-11(17)9-16/h5-6,8,11H,2-4,7,9,16H2,1H3. The van der Waals surface area contributed by atoms with Crippen LogP contribution < -0.4 is 10.5 Å². The highest BCUT2D eigenvalue weighted by molar-refractivity contribution is 5.97. The van der Waals surface area contributed by atoms with Gasteiger partial charge in [-0.1, -0.05) is 0 Å². The van der Waals surface area contributed by atoms with Crippen LogP contribution in [0.1, 0.15) is 29.6 Å². The van der Waals surface area contributed by atoms with Crippen molar-refractivity contribution in [2.24, 2.45) is 5.73 Å². The van der Waals surface area contributed by atoms with E-state index in [1.807, 2.05) is 0 Å². The minimum absolute atomic E-state index is 0.0363. The first kappa shape index (κ1) is 13.8. The first-order valence-corrected chi connectivity index (χ1v) is 6.52. The number of rotatable bonds is 3. The topological polar surface area (TPSA) is 55.6 Å². The lowest BCUT2D eigenvalue weighted by Crippen LogP contribution is -2.47. The Morgan fingerprint density at radius 3 is 3.00 bits per heavy atom. The molecule has 5 heteroatoms. The van der Waals surface area contributed by atoms with E-state index in [0.717, 1.165) is 19.3 Å². The van der Waals surface area contributed by atoms with Crippen molar-refractivity contribution in [3.8, 4) is 5.75 Å². The van der Waals surface area contributed by atoms with Crippen LogP contribution in [0.3, 0.4) is 0 Å². The van der Waals surface area contributed by atoms with Gasteiger partial charge in [-0.05, 0) is 37.5 Å². The molecule has 1 aromatic rings. The van der Waals surface area contributed by atoms with Crippen LogP contribution in [0.2, 0.25) is 0 Å². The Labute approximate surface area is 112 Å². The molecule has 1 aromatic carbocycles. The predicted molar refractivity (Wildman–Crippen MR) is 70.7 cm³/mol. The van der Waals surface area contributed by atoms with Gasteiger partial charge in [0, 0.05) is 19.1 Å². The molecule has 2 rings (SSSR count). The molecule has 1 unspecified atom stereocenters. The van der Waals surface area contributed by atoms with Crippen molar-refractivity contribution in [3.63, 3.8) is 0 Å². The summed E-state index contributed by atoms with van der Waals surface area (Å²) in [5.74, 6) is -0.246. The molecule has 1 aliphatic rings. The Kier molecular flexibility index (Phi) is 4.37. The maximum atomic E-state index is 13.3. The Bertz CT molecular complexity index is 465. The first-order valence-electron chi connectivity index (χ1n) is 6.52. The second kappa shape index (κ2) is 6.02. The zero-order valence-electron chi connectivity index (χ0n) is 11.1. The molecule has 0 bridgehead atoms. The summed E-state index contributed by atoms with van der Waals surface area (Å²) in [6, 6.07) is 4.02. The highest BCUT2D eigenvalue weighted by Crippen LogP contribution is 2.25. The zero-order chi connectivity index (χ0) is 13.8. The number of carbonyl (C=O) groups excluding carboxylic acids is 1. The van der Waals surface area contributed by atoms with Gasteiger partial charge in [-0.15, -0.1) is 0 Å². The van der Waals surface area contributed by atoms with E-state index in [0.29, 0.717) is 18.8 Å². The Balaban J connectivity index is 2.29. The summed E-state index contributed by atoms with van der Waals surface area (Å²) in [4.78, 5) is 14.3. The minimum Gasteiger partial charge on any atom is -0.496 e. The van der Waals surface area contributed by atoms with Crippen molar-refractivity contribution in [2.45, 2.75) is 25.3 Å². The SMILES string of the molecule is COc1ccc(F)cc1C(=O)N1CCCCC1CN. The van der Waals surface area contributed by atoms with E-state index in [2.05, 4.69) is 0 Å². The number of methoxy groups -OCH3 is 1. The molecule has 1 heterocycles. The molecule has 1 atom stereocenters. The monoisotopic (exact) mass is 266 g/mol. The number of benzene rings is 1. The van der Waals surface area contributed by atoms with Crippen LogP contribution in [0.5, 0.6) is 5.75 Å². The Hall–Kier alpha value is -1.62. The van der Waals surface area contributed by atoms with Gasteiger partial charge in [-0.3, -0.25) is 4.79 Å². The predicted octanol–water partition coefficient (Wildman–Crippen LogP) is 1.79. The van der Waals surface area contributed by atoms with Crippen molar-refractivity contribution in [3.05, 3.63) is 29.6 Å². The maximum Gasteiger partial charge on any atom is 0.258 e. The van der Waals surface area contributed by atoms with E-state index in [-0.39, 0.29) is 17.5 Å². The summed E-state index contributed by atoms with van der Waals surface area (Å²) in [7, 11) is 1.47. The second-order valence-electron chi connectivity index (χ2n) is 4.73. The molecule has 4 nitrogen and oxygen atoms in total. The maximum absolute atomic E-state index is 13.3. The van der Waals surface area contributed by atoms with E-state index < -0.39 is 5.82 Å². The fraction of sp³-hybridized carbons (Fsp3) is 0.500. The molecule has 104 valence electrons. The average molecular weight is 266 g/mol. The third-order valence-electron chi connectivity index (χ3n) is 3.55. The third-order valence-corrected chi connectivity index (χ3v) is 3.55. The quantitative estimate of drug-likeness (QED) is 0.907. The summed E-state index contributed by atoms with van der Waals surface area (Å²) < 4.78 is 18.5. The third kappa shape index (κ3) is 2.87. The molecule has 1 amide bonds. The van der Waals surface area contributed by atoms with Gasteiger partial charge < -0.3 is 15.4 Å². The molecule has 0 spiro atoms. The molecule has 0 aromatic heterocycles. The van der Waals surface area contributed by atoms with Crippen LogP contribution in [0, 0.1) is 5.82 Å². The van der Waals surface area contributed by atoms with E-state index >= 15 is 0 Å². The van der Waals surface area contributed by atoms with Crippen LogP contribution in [-0.4, -0.2) is 37.0 Å². The number of piperidine rings is 1. The van der Waals surface area contributed by atoms with Crippen molar-refractivity contribution in [2.75, 3.05) is 20.2 Å². The number of nitrogens with zero attached hydrogens (tertiary/aromatic N) is 1. The van der Waals surface area contributed by atoms with Gasteiger partial charge in [0.05, 0.1) is 12.7 Å². The number of ether oxygens (including phenoxy) is 1. The normalized spacial score (nSPS) is 19.3. The van der Waals surface area contributed by atoms with Crippen molar-refractivity contribution in [1.29, 1.82) is 0 Å². The smallest absolute Gasteiger partial charge is 0.258 e. The van der Waals surface area contributed by atoms with Gasteiger partial charge in [0.15, 0.2) is 0 Å². The zero-order valence-corrected chi connectivity index (χ0v) is 11.1. The molecule has 1 fully saturated rings. The number of hydrogen-bond donors (Lipinski definition) is 1. The van der Waals surface area contributed by atoms with E-state index in [4.69, 9.17) is 10.5 Å². The largest absolute Gasteiger partial charge is 0.496 e. The molecule has 1 aliphatic heterocycles. The van der Waals surface area contributed by atoms with E-state index in [1.165, 1.54) is 25.3 Å². The molecule has 19 heavy (non-hydrogen) atoms. The molecular formula is C14H19FN2O2. The lowest BCUT2D eigenvalue weighted by molar-refractivity contribution is 0.0619. The summed E-state index contributed by atoms with van der Waals surface area (Å²) in [6.45, 7) is 1.10. The molecule has 0 radical (unpaired) electrons. The molecular weight excluding hydrogens is 247 g/mol. The number of carbonyl (C=O) groups is 1. The molecule has 0 saturated carbocycles. The number of likely N-dealkylation sites (tertiary alicyclic amines) is 1. The number of nitrogens with two attached hydrogens (primary N) is 1. The highest BCUT2D eigenvalue weighted by atomic mass is 19.1. The minimum atomic E-state index is -0.439.